The number of ether oxygens (including phenoxy) is 3. The molecular formula is C28H38N2O4. The number of nitrogens with zero attached hydrogens (tertiary/aromatic N) is 2. The van der Waals surface area contributed by atoms with Crippen LogP contribution in [-0.2, 0) is 4.79 Å². The Morgan fingerprint density at radius 1 is 1.00 bits per heavy atom. The summed E-state index contributed by atoms with van der Waals surface area (Å²) in [4.78, 5) is 17.9. The average molecular weight is 467 g/mol. The van der Waals surface area contributed by atoms with Crippen molar-refractivity contribution in [3.05, 3.63) is 53.6 Å². The smallest absolute Gasteiger partial charge is 0.236 e. The molecule has 184 valence electrons. The van der Waals surface area contributed by atoms with Gasteiger partial charge in [-0.15, -0.1) is 0 Å². The fraction of sp³-hybridized carbons (Fsp3) is 0.536. The van der Waals surface area contributed by atoms with Crippen LogP contribution in [0, 0.1) is 0 Å². The largest absolute Gasteiger partial charge is 0.497 e. The van der Waals surface area contributed by atoms with Crippen molar-refractivity contribution in [1.29, 1.82) is 0 Å². The number of hydrogen-bond donors (Lipinski definition) is 0. The van der Waals surface area contributed by atoms with Gasteiger partial charge in [-0.2, -0.15) is 0 Å². The van der Waals surface area contributed by atoms with E-state index in [-0.39, 0.29) is 18.7 Å². The van der Waals surface area contributed by atoms with Gasteiger partial charge in [-0.1, -0.05) is 44.9 Å². The van der Waals surface area contributed by atoms with Gasteiger partial charge in [-0.25, -0.2) is 0 Å². The molecule has 0 aromatic heterocycles. The molecule has 0 unspecified atom stereocenters. The number of carbonyl (C=O) groups excluding carboxylic acids is 1. The van der Waals surface area contributed by atoms with E-state index in [9.17, 15) is 4.79 Å². The molecule has 0 radical (unpaired) electrons. The van der Waals surface area contributed by atoms with Crippen LogP contribution in [0.4, 0.5) is 0 Å². The standard InChI is InChI=1S/C28H38N2O4/c1-4-6-14-29(15-7-5-2)28(31)19-30-18-23(22-10-13-26-27(17-22)34-20-33-26)16-25(30)21-8-11-24(32-3)12-9-21/h8-13,17,23,25H,4-7,14-16,18-20H2,1-3H3/t23-,25+/m0/s1. The summed E-state index contributed by atoms with van der Waals surface area (Å²) < 4.78 is 16.5. The number of hydrogen-bond acceptors (Lipinski definition) is 5. The first-order chi connectivity index (χ1) is 16.6. The minimum Gasteiger partial charge on any atom is -0.497 e. The van der Waals surface area contributed by atoms with E-state index in [0.29, 0.717) is 12.5 Å². The molecule has 0 spiro atoms. The molecule has 1 amide bonds. The van der Waals surface area contributed by atoms with E-state index >= 15 is 0 Å². The van der Waals surface area contributed by atoms with Gasteiger partial charge >= 0.3 is 0 Å². The second-order valence-corrected chi connectivity index (χ2v) is 9.35. The van der Waals surface area contributed by atoms with Crippen molar-refractivity contribution >= 4 is 5.91 Å². The lowest BCUT2D eigenvalue weighted by Crippen LogP contribution is -2.41. The van der Waals surface area contributed by atoms with E-state index in [0.717, 1.165) is 69.0 Å². The maximum atomic E-state index is 13.4. The zero-order chi connectivity index (χ0) is 23.9. The van der Waals surface area contributed by atoms with Crippen LogP contribution >= 0.6 is 0 Å². The van der Waals surface area contributed by atoms with Crippen molar-refractivity contribution in [1.82, 2.24) is 9.80 Å². The quantitative estimate of drug-likeness (QED) is 0.445. The highest BCUT2D eigenvalue weighted by molar-refractivity contribution is 5.78. The predicted octanol–water partition coefficient (Wildman–Crippen LogP) is 5.38. The highest BCUT2D eigenvalue weighted by atomic mass is 16.7. The molecule has 2 heterocycles. The lowest BCUT2D eigenvalue weighted by atomic mass is 9.93. The fourth-order valence-electron chi connectivity index (χ4n) is 4.99. The van der Waals surface area contributed by atoms with E-state index in [4.69, 9.17) is 14.2 Å². The molecule has 2 aliphatic heterocycles. The lowest BCUT2D eigenvalue weighted by Gasteiger charge is -2.29. The molecular weight excluding hydrogens is 428 g/mol. The summed E-state index contributed by atoms with van der Waals surface area (Å²) in [5.74, 6) is 3.05. The summed E-state index contributed by atoms with van der Waals surface area (Å²) in [5, 5.41) is 0. The van der Waals surface area contributed by atoms with Crippen molar-refractivity contribution in [2.75, 3.05) is 40.1 Å². The Kier molecular flexibility index (Phi) is 8.33. The lowest BCUT2D eigenvalue weighted by molar-refractivity contribution is -0.132. The molecule has 6 nitrogen and oxygen atoms in total. The Morgan fingerprint density at radius 3 is 2.35 bits per heavy atom. The Labute approximate surface area is 203 Å². The van der Waals surface area contributed by atoms with Gasteiger partial charge in [-0.05, 0) is 60.6 Å². The zero-order valence-corrected chi connectivity index (χ0v) is 20.8. The second-order valence-electron chi connectivity index (χ2n) is 9.35. The maximum Gasteiger partial charge on any atom is 0.236 e. The summed E-state index contributed by atoms with van der Waals surface area (Å²) in [5.41, 5.74) is 2.47. The van der Waals surface area contributed by atoms with Crippen LogP contribution in [0.5, 0.6) is 17.2 Å². The molecule has 0 N–H and O–H groups in total. The molecule has 0 saturated carbocycles. The number of carbonyl (C=O) groups is 1. The SMILES string of the molecule is CCCCN(CCCC)C(=O)CN1C[C@@H](c2ccc3c(c2)OCO3)C[C@@H]1c1ccc(OC)cc1. The molecule has 0 aliphatic carbocycles. The van der Waals surface area contributed by atoms with Crippen molar-refractivity contribution in [3.8, 4) is 17.2 Å². The van der Waals surface area contributed by atoms with Crippen LogP contribution in [-0.4, -0.2) is 55.8 Å². The molecule has 1 fully saturated rings. The van der Waals surface area contributed by atoms with E-state index in [1.807, 2.05) is 18.2 Å². The molecule has 1 saturated heterocycles. The Morgan fingerprint density at radius 2 is 1.68 bits per heavy atom. The summed E-state index contributed by atoms with van der Waals surface area (Å²) >= 11 is 0. The molecule has 2 aromatic rings. The van der Waals surface area contributed by atoms with E-state index in [1.54, 1.807) is 7.11 Å². The molecule has 0 bridgehead atoms. The van der Waals surface area contributed by atoms with Crippen LogP contribution in [0.15, 0.2) is 42.5 Å². The zero-order valence-electron chi connectivity index (χ0n) is 20.8. The first kappa shape index (κ1) is 24.4. The van der Waals surface area contributed by atoms with Crippen molar-refractivity contribution in [2.24, 2.45) is 0 Å². The summed E-state index contributed by atoms with van der Waals surface area (Å²) in [7, 11) is 1.69. The maximum absolute atomic E-state index is 13.4. The number of amides is 1. The molecule has 2 atom stereocenters. The number of benzene rings is 2. The van der Waals surface area contributed by atoms with E-state index in [2.05, 4.69) is 47.9 Å². The normalized spacial score (nSPS) is 19.4. The van der Waals surface area contributed by atoms with E-state index in [1.165, 1.54) is 11.1 Å². The van der Waals surface area contributed by atoms with Crippen LogP contribution in [0.25, 0.3) is 0 Å². The van der Waals surface area contributed by atoms with E-state index < -0.39 is 0 Å². The monoisotopic (exact) mass is 466 g/mol. The molecule has 34 heavy (non-hydrogen) atoms. The number of fused-ring (bicyclic) bond motifs is 1. The Hall–Kier alpha value is -2.73. The Bertz CT molecular complexity index is 938. The second kappa shape index (κ2) is 11.6. The van der Waals surface area contributed by atoms with Crippen molar-refractivity contribution < 1.29 is 19.0 Å². The van der Waals surface area contributed by atoms with Gasteiger partial charge in [0.15, 0.2) is 11.5 Å². The van der Waals surface area contributed by atoms with Gasteiger partial charge in [0.1, 0.15) is 5.75 Å². The summed E-state index contributed by atoms with van der Waals surface area (Å²) in [6.07, 6.45) is 5.26. The number of rotatable bonds is 11. The number of methoxy groups -OCH3 is 1. The molecule has 2 aromatic carbocycles. The van der Waals surface area contributed by atoms with Crippen LogP contribution in [0.1, 0.15) is 69.0 Å². The number of likely N-dealkylation sites (tertiary alicyclic amines) is 1. The van der Waals surface area contributed by atoms with Gasteiger partial charge in [-0.3, -0.25) is 9.69 Å². The molecule has 6 heteroatoms. The molecule has 4 rings (SSSR count). The summed E-state index contributed by atoms with van der Waals surface area (Å²) in [6.45, 7) is 7.63. The first-order valence-corrected chi connectivity index (χ1v) is 12.7. The van der Waals surface area contributed by atoms with Crippen LogP contribution in [0.2, 0.25) is 0 Å². The van der Waals surface area contributed by atoms with Crippen LogP contribution in [0.3, 0.4) is 0 Å². The van der Waals surface area contributed by atoms with Gasteiger partial charge < -0.3 is 19.1 Å². The third-order valence-corrected chi connectivity index (χ3v) is 7.03. The van der Waals surface area contributed by atoms with Crippen molar-refractivity contribution in [3.63, 3.8) is 0 Å². The van der Waals surface area contributed by atoms with Gasteiger partial charge in [0.05, 0.1) is 13.7 Å². The first-order valence-electron chi connectivity index (χ1n) is 12.7. The van der Waals surface area contributed by atoms with Gasteiger partial charge in [0, 0.05) is 25.7 Å². The van der Waals surface area contributed by atoms with Gasteiger partial charge in [0.25, 0.3) is 0 Å². The third kappa shape index (κ3) is 5.66. The third-order valence-electron chi connectivity index (χ3n) is 7.03. The highest BCUT2D eigenvalue weighted by Crippen LogP contribution is 2.43. The molecule has 2 aliphatic rings. The minimum atomic E-state index is 0.185. The Balaban J connectivity index is 1.54. The van der Waals surface area contributed by atoms with Gasteiger partial charge in [0.2, 0.25) is 12.7 Å². The average Bonchev–Trinajstić information content (AvgIpc) is 3.50. The minimum absolute atomic E-state index is 0.185. The highest BCUT2D eigenvalue weighted by Gasteiger charge is 2.36. The topological polar surface area (TPSA) is 51.2 Å². The number of unbranched alkanes of at least 4 members (excludes halogenated alkanes) is 2. The van der Waals surface area contributed by atoms with Crippen molar-refractivity contribution in [2.45, 2.75) is 57.9 Å². The predicted molar refractivity (Wildman–Crippen MR) is 134 cm³/mol. The van der Waals surface area contributed by atoms with Crippen LogP contribution < -0.4 is 14.2 Å². The fourth-order valence-corrected chi connectivity index (χ4v) is 4.99. The summed E-state index contributed by atoms with van der Waals surface area (Å²) in [6, 6.07) is 14.7.